The van der Waals surface area contributed by atoms with Crippen molar-refractivity contribution in [3.8, 4) is 17.5 Å². The maximum Gasteiger partial charge on any atom is 0.160 e. The highest BCUT2D eigenvalue weighted by Crippen LogP contribution is 2.34. The number of nitrogens with zero attached hydrogens (tertiary/aromatic N) is 2. The number of aromatic nitrogens is 1. The summed E-state index contributed by atoms with van der Waals surface area (Å²) in [5, 5.41) is 18.9. The second kappa shape index (κ2) is 4.86. The van der Waals surface area contributed by atoms with Gasteiger partial charge in [-0.3, -0.25) is 0 Å². The molecule has 1 heterocycles. The Labute approximate surface area is 126 Å². The minimum absolute atomic E-state index is 0.0871. The average molecular weight is 349 g/mol. The van der Waals surface area contributed by atoms with Gasteiger partial charge in [0.15, 0.2) is 11.6 Å². The number of phenols is 1. The maximum atomic E-state index is 13.5. The molecular formula is C15H7BrF2N2O. The second-order valence-corrected chi connectivity index (χ2v) is 5.16. The lowest BCUT2D eigenvalue weighted by Crippen LogP contribution is -1.94. The van der Waals surface area contributed by atoms with Gasteiger partial charge in [0.25, 0.3) is 0 Å². The summed E-state index contributed by atoms with van der Waals surface area (Å²) < 4.78 is 28.9. The number of aromatic hydroxyl groups is 1. The fourth-order valence-electron chi connectivity index (χ4n) is 2.21. The maximum absolute atomic E-state index is 13.5. The van der Waals surface area contributed by atoms with Gasteiger partial charge in [-0.2, -0.15) is 5.26 Å². The molecule has 6 heteroatoms. The van der Waals surface area contributed by atoms with Gasteiger partial charge in [0.1, 0.15) is 16.4 Å². The SMILES string of the molecule is N#Cc1c(Br)n(-c2ccc(O)cc2)c2cc(F)c(F)cc12. The number of fused-ring (bicyclic) bond motifs is 1. The molecule has 0 aliphatic heterocycles. The van der Waals surface area contributed by atoms with E-state index in [1.54, 1.807) is 16.7 Å². The van der Waals surface area contributed by atoms with Gasteiger partial charge in [0.05, 0.1) is 11.1 Å². The highest BCUT2D eigenvalue weighted by atomic mass is 79.9. The topological polar surface area (TPSA) is 49.0 Å². The van der Waals surface area contributed by atoms with E-state index in [1.807, 2.05) is 6.07 Å². The third kappa shape index (κ3) is 2.06. The predicted molar refractivity (Wildman–Crippen MR) is 77.3 cm³/mol. The number of hydrogen-bond acceptors (Lipinski definition) is 2. The van der Waals surface area contributed by atoms with Crippen molar-refractivity contribution >= 4 is 26.8 Å². The monoisotopic (exact) mass is 348 g/mol. The van der Waals surface area contributed by atoms with Crippen LogP contribution >= 0.6 is 15.9 Å². The summed E-state index contributed by atoms with van der Waals surface area (Å²) >= 11 is 3.29. The van der Waals surface area contributed by atoms with Crippen molar-refractivity contribution in [2.24, 2.45) is 0 Å². The van der Waals surface area contributed by atoms with Gasteiger partial charge in [-0.1, -0.05) is 0 Å². The van der Waals surface area contributed by atoms with Crippen LogP contribution in [0.2, 0.25) is 0 Å². The van der Waals surface area contributed by atoms with Gasteiger partial charge in [-0.05, 0) is 46.3 Å². The molecule has 1 N–H and O–H groups in total. The van der Waals surface area contributed by atoms with Gasteiger partial charge in [0.2, 0.25) is 0 Å². The Morgan fingerprint density at radius 2 is 1.71 bits per heavy atom. The standard InChI is InChI=1S/C15H7BrF2N2O/c16-15-11(7-19)10-5-12(17)13(18)6-14(10)20(15)8-1-3-9(21)4-2-8/h1-6,21H. The summed E-state index contributed by atoms with van der Waals surface area (Å²) in [6, 6.07) is 10.2. The Kier molecular flexibility index (Phi) is 3.15. The molecule has 3 aromatic rings. The van der Waals surface area contributed by atoms with E-state index < -0.39 is 11.6 Å². The van der Waals surface area contributed by atoms with Crippen molar-refractivity contribution in [2.45, 2.75) is 0 Å². The van der Waals surface area contributed by atoms with Crippen LogP contribution in [-0.2, 0) is 0 Å². The van der Waals surface area contributed by atoms with E-state index >= 15 is 0 Å². The molecule has 0 aliphatic rings. The van der Waals surface area contributed by atoms with Gasteiger partial charge >= 0.3 is 0 Å². The Bertz CT molecular complexity index is 895. The molecule has 0 unspecified atom stereocenters. The van der Waals surface area contributed by atoms with Crippen LogP contribution in [0, 0.1) is 23.0 Å². The molecule has 0 spiro atoms. The first kappa shape index (κ1) is 13.6. The van der Waals surface area contributed by atoms with Crippen molar-refractivity contribution < 1.29 is 13.9 Å². The number of halogens is 3. The third-order valence-corrected chi connectivity index (χ3v) is 3.92. The molecule has 0 atom stereocenters. The van der Waals surface area contributed by atoms with Crippen LogP contribution in [0.5, 0.6) is 5.75 Å². The van der Waals surface area contributed by atoms with Crippen molar-refractivity contribution in [1.29, 1.82) is 5.26 Å². The quantitative estimate of drug-likeness (QED) is 0.714. The van der Waals surface area contributed by atoms with Crippen LogP contribution in [0.25, 0.3) is 16.6 Å². The molecular weight excluding hydrogens is 342 g/mol. The highest BCUT2D eigenvalue weighted by Gasteiger charge is 2.19. The second-order valence-electron chi connectivity index (χ2n) is 4.41. The Morgan fingerprint density at radius 3 is 2.33 bits per heavy atom. The average Bonchev–Trinajstić information content (AvgIpc) is 2.72. The van der Waals surface area contributed by atoms with Gasteiger partial charge in [-0.15, -0.1) is 0 Å². The molecule has 2 aromatic carbocycles. The normalized spacial score (nSPS) is 10.8. The van der Waals surface area contributed by atoms with Crippen LogP contribution in [0.4, 0.5) is 8.78 Å². The van der Waals surface area contributed by atoms with Gasteiger partial charge in [0, 0.05) is 17.1 Å². The van der Waals surface area contributed by atoms with E-state index in [1.165, 1.54) is 12.1 Å². The first-order valence-corrected chi connectivity index (χ1v) is 6.70. The number of benzene rings is 2. The molecule has 1 aromatic heterocycles. The minimum Gasteiger partial charge on any atom is -0.508 e. The fraction of sp³-hybridized carbons (Fsp3) is 0. The first-order valence-electron chi connectivity index (χ1n) is 5.91. The summed E-state index contributed by atoms with van der Waals surface area (Å²) in [5.74, 6) is -1.91. The summed E-state index contributed by atoms with van der Waals surface area (Å²) in [5.41, 5.74) is 1.19. The lowest BCUT2D eigenvalue weighted by atomic mass is 10.2. The smallest absolute Gasteiger partial charge is 0.160 e. The Hall–Kier alpha value is -2.39. The largest absolute Gasteiger partial charge is 0.508 e. The third-order valence-electron chi connectivity index (χ3n) is 3.17. The number of hydrogen-bond donors (Lipinski definition) is 1. The van der Waals surface area contributed by atoms with E-state index in [4.69, 9.17) is 0 Å². The predicted octanol–water partition coefficient (Wildman–Crippen LogP) is 4.25. The Balaban J connectivity index is 2.42. The molecule has 3 rings (SSSR count). The van der Waals surface area contributed by atoms with E-state index in [0.717, 1.165) is 12.1 Å². The zero-order valence-corrected chi connectivity index (χ0v) is 12.0. The van der Waals surface area contributed by atoms with Crippen LogP contribution in [0.3, 0.4) is 0 Å². The first-order chi connectivity index (χ1) is 10.0. The number of nitriles is 1. The minimum atomic E-state index is -1.01. The van der Waals surface area contributed by atoms with Crippen molar-refractivity contribution in [3.05, 3.63) is 58.2 Å². The molecule has 0 radical (unpaired) electrons. The van der Waals surface area contributed by atoms with Gasteiger partial charge in [-0.25, -0.2) is 8.78 Å². The number of phenolic OH excluding ortho intramolecular Hbond substituents is 1. The van der Waals surface area contributed by atoms with Crippen molar-refractivity contribution in [2.75, 3.05) is 0 Å². The van der Waals surface area contributed by atoms with Crippen LogP contribution < -0.4 is 0 Å². The zero-order chi connectivity index (χ0) is 15.1. The van der Waals surface area contributed by atoms with Crippen LogP contribution in [0.15, 0.2) is 41.0 Å². The molecule has 0 saturated heterocycles. The lowest BCUT2D eigenvalue weighted by Gasteiger charge is -2.07. The van der Waals surface area contributed by atoms with Crippen molar-refractivity contribution in [1.82, 2.24) is 4.57 Å². The van der Waals surface area contributed by atoms with E-state index in [2.05, 4.69) is 15.9 Å². The summed E-state index contributed by atoms with van der Waals surface area (Å²) in [4.78, 5) is 0. The van der Waals surface area contributed by atoms with Crippen LogP contribution in [0.1, 0.15) is 5.56 Å². The van der Waals surface area contributed by atoms with E-state index in [0.29, 0.717) is 21.2 Å². The molecule has 21 heavy (non-hydrogen) atoms. The van der Waals surface area contributed by atoms with Gasteiger partial charge < -0.3 is 9.67 Å². The van der Waals surface area contributed by atoms with Crippen LogP contribution in [-0.4, -0.2) is 9.67 Å². The number of rotatable bonds is 1. The van der Waals surface area contributed by atoms with E-state index in [9.17, 15) is 19.1 Å². The summed E-state index contributed by atoms with van der Waals surface area (Å²) in [7, 11) is 0. The van der Waals surface area contributed by atoms with E-state index in [-0.39, 0.29) is 11.3 Å². The van der Waals surface area contributed by atoms with Crippen molar-refractivity contribution in [3.63, 3.8) is 0 Å². The highest BCUT2D eigenvalue weighted by molar-refractivity contribution is 9.10. The molecule has 0 amide bonds. The lowest BCUT2D eigenvalue weighted by molar-refractivity contribution is 0.475. The molecule has 0 aliphatic carbocycles. The molecule has 3 nitrogen and oxygen atoms in total. The Morgan fingerprint density at radius 1 is 1.10 bits per heavy atom. The zero-order valence-electron chi connectivity index (χ0n) is 10.4. The molecule has 104 valence electrons. The molecule has 0 saturated carbocycles. The fourth-order valence-corrected chi connectivity index (χ4v) is 2.91. The molecule has 0 bridgehead atoms. The summed E-state index contributed by atoms with van der Waals surface area (Å²) in [6.07, 6.45) is 0. The molecule has 0 fully saturated rings. The summed E-state index contributed by atoms with van der Waals surface area (Å²) in [6.45, 7) is 0.